The lowest BCUT2D eigenvalue weighted by atomic mass is 10.2. The Kier molecular flexibility index (Phi) is 3.67. The average molecular weight is 192 g/mol. The molecule has 0 heterocycles. The van der Waals surface area contributed by atoms with E-state index >= 15 is 0 Å². The molecule has 14 heavy (non-hydrogen) atoms. The van der Waals surface area contributed by atoms with Crippen molar-refractivity contribution in [1.82, 2.24) is 0 Å². The maximum atomic E-state index is 10.4. The van der Waals surface area contributed by atoms with Crippen LogP contribution in [-0.2, 0) is 9.53 Å². The molecule has 0 fully saturated rings. The molecular weight excluding hydrogens is 180 g/mol. The predicted molar refractivity (Wildman–Crippen MR) is 53.8 cm³/mol. The minimum absolute atomic E-state index is 0.0317. The number of rotatable bonds is 3. The number of aliphatic imine (C=N–C) groups is 1. The first-order valence-corrected chi connectivity index (χ1v) is 4.19. The highest BCUT2D eigenvalue weighted by Crippen LogP contribution is 1.97. The molecule has 0 saturated heterocycles. The number of benzene rings is 1. The van der Waals surface area contributed by atoms with Gasteiger partial charge in [0.25, 0.3) is 0 Å². The van der Waals surface area contributed by atoms with Gasteiger partial charge in [-0.15, -0.1) is 0 Å². The maximum Gasteiger partial charge on any atom is 0.304 e. The number of hydrogen-bond acceptors (Lipinski definition) is 3. The van der Waals surface area contributed by atoms with E-state index in [4.69, 9.17) is 5.73 Å². The third kappa shape index (κ3) is 3.26. The Hall–Kier alpha value is -1.84. The quantitative estimate of drug-likeness (QED) is 0.440. The maximum absolute atomic E-state index is 10.4. The smallest absolute Gasteiger partial charge is 0.304 e. The Bertz CT molecular complexity index is 333. The van der Waals surface area contributed by atoms with E-state index in [0.717, 1.165) is 5.56 Å². The van der Waals surface area contributed by atoms with E-state index in [1.165, 1.54) is 6.92 Å². The summed E-state index contributed by atoms with van der Waals surface area (Å²) in [5.74, 6) is 0.00135. The fourth-order valence-electron chi connectivity index (χ4n) is 0.893. The van der Waals surface area contributed by atoms with Crippen LogP contribution in [0.2, 0.25) is 0 Å². The van der Waals surface area contributed by atoms with Gasteiger partial charge >= 0.3 is 5.97 Å². The molecule has 74 valence electrons. The van der Waals surface area contributed by atoms with Gasteiger partial charge in [0.1, 0.15) is 5.84 Å². The summed E-state index contributed by atoms with van der Waals surface area (Å²) in [4.78, 5) is 14.3. The number of carbonyl (C=O) groups is 1. The number of carbonyl (C=O) groups excluding carboxylic acids is 1. The highest BCUT2D eigenvalue weighted by Gasteiger charge is 1.96. The topological polar surface area (TPSA) is 64.7 Å². The molecule has 4 nitrogen and oxygen atoms in total. The monoisotopic (exact) mass is 192 g/mol. The largest absolute Gasteiger partial charge is 0.443 e. The number of nitrogens with zero attached hydrogens (tertiary/aromatic N) is 1. The van der Waals surface area contributed by atoms with Gasteiger partial charge in [0.2, 0.25) is 0 Å². The summed E-state index contributed by atoms with van der Waals surface area (Å²) >= 11 is 0. The molecule has 0 spiro atoms. The van der Waals surface area contributed by atoms with Crippen molar-refractivity contribution in [3.8, 4) is 0 Å². The van der Waals surface area contributed by atoms with E-state index in [0.29, 0.717) is 5.84 Å². The average Bonchev–Trinajstić information content (AvgIpc) is 2.18. The van der Waals surface area contributed by atoms with E-state index in [1.54, 1.807) is 0 Å². The second-order valence-electron chi connectivity index (χ2n) is 2.67. The van der Waals surface area contributed by atoms with Crippen molar-refractivity contribution in [3.05, 3.63) is 35.9 Å². The molecule has 0 saturated carbocycles. The van der Waals surface area contributed by atoms with Crippen molar-refractivity contribution in [2.24, 2.45) is 10.7 Å². The molecule has 0 aliphatic carbocycles. The summed E-state index contributed by atoms with van der Waals surface area (Å²) in [7, 11) is 0. The molecule has 1 aromatic carbocycles. The molecule has 0 aromatic heterocycles. The van der Waals surface area contributed by atoms with Crippen LogP contribution >= 0.6 is 0 Å². The molecule has 2 N–H and O–H groups in total. The van der Waals surface area contributed by atoms with Crippen LogP contribution in [0.15, 0.2) is 35.3 Å². The van der Waals surface area contributed by atoms with E-state index in [9.17, 15) is 4.79 Å². The molecule has 0 amide bonds. The Labute approximate surface area is 82.4 Å². The third-order valence-electron chi connectivity index (χ3n) is 1.57. The molecule has 1 rings (SSSR count). The molecule has 0 atom stereocenters. The summed E-state index contributed by atoms with van der Waals surface area (Å²) in [5.41, 5.74) is 6.46. The van der Waals surface area contributed by atoms with Gasteiger partial charge in [0.05, 0.1) is 0 Å². The van der Waals surface area contributed by atoms with Crippen molar-refractivity contribution in [2.45, 2.75) is 6.92 Å². The Morgan fingerprint density at radius 3 is 2.64 bits per heavy atom. The van der Waals surface area contributed by atoms with Crippen molar-refractivity contribution < 1.29 is 9.53 Å². The van der Waals surface area contributed by atoms with Crippen LogP contribution in [0.5, 0.6) is 0 Å². The number of nitrogens with two attached hydrogens (primary N) is 1. The van der Waals surface area contributed by atoms with Crippen molar-refractivity contribution in [3.63, 3.8) is 0 Å². The van der Waals surface area contributed by atoms with Crippen LogP contribution in [0.25, 0.3) is 0 Å². The lowest BCUT2D eigenvalue weighted by molar-refractivity contribution is -0.140. The number of amidine groups is 1. The first-order chi connectivity index (χ1) is 6.70. The van der Waals surface area contributed by atoms with Crippen LogP contribution < -0.4 is 5.73 Å². The lowest BCUT2D eigenvalue weighted by Crippen LogP contribution is -2.14. The van der Waals surface area contributed by atoms with Gasteiger partial charge < -0.3 is 10.5 Å². The van der Waals surface area contributed by atoms with Gasteiger partial charge in [-0.2, -0.15) is 0 Å². The van der Waals surface area contributed by atoms with Crippen molar-refractivity contribution in [1.29, 1.82) is 0 Å². The summed E-state index contributed by atoms with van der Waals surface area (Å²) < 4.78 is 4.63. The zero-order valence-corrected chi connectivity index (χ0v) is 7.93. The zero-order valence-electron chi connectivity index (χ0n) is 7.93. The van der Waals surface area contributed by atoms with Crippen LogP contribution in [0.3, 0.4) is 0 Å². The Balaban J connectivity index is 2.57. The normalized spacial score (nSPS) is 11.1. The highest BCUT2D eigenvalue weighted by molar-refractivity contribution is 5.97. The van der Waals surface area contributed by atoms with Crippen molar-refractivity contribution >= 4 is 11.8 Å². The molecule has 0 aliphatic rings. The van der Waals surface area contributed by atoms with E-state index in [1.807, 2.05) is 30.3 Å². The van der Waals surface area contributed by atoms with Crippen LogP contribution in [0.1, 0.15) is 12.5 Å². The van der Waals surface area contributed by atoms with Gasteiger partial charge in [-0.1, -0.05) is 30.3 Å². The van der Waals surface area contributed by atoms with E-state index in [2.05, 4.69) is 9.73 Å². The highest BCUT2D eigenvalue weighted by atomic mass is 16.5. The summed E-state index contributed by atoms with van der Waals surface area (Å²) in [6, 6.07) is 9.30. The number of ether oxygens (including phenoxy) is 1. The van der Waals surface area contributed by atoms with Crippen LogP contribution in [0, 0.1) is 0 Å². The second kappa shape index (κ2) is 5.01. The van der Waals surface area contributed by atoms with Crippen molar-refractivity contribution in [2.75, 3.05) is 6.73 Å². The second-order valence-corrected chi connectivity index (χ2v) is 2.67. The standard InChI is InChI=1S/C10H12N2O2/c1-8(13)14-7-12-10(11)9-5-3-2-4-6-9/h2-6H,7H2,1H3,(H2,11,12). The molecule has 4 heteroatoms. The molecule has 0 radical (unpaired) electrons. The van der Waals surface area contributed by atoms with Crippen LogP contribution in [-0.4, -0.2) is 18.5 Å². The van der Waals surface area contributed by atoms with E-state index in [-0.39, 0.29) is 12.7 Å². The first-order valence-electron chi connectivity index (χ1n) is 4.19. The zero-order chi connectivity index (χ0) is 10.4. The lowest BCUT2D eigenvalue weighted by Gasteiger charge is -2.00. The molecule has 0 unspecified atom stereocenters. The molecule has 1 aromatic rings. The predicted octanol–water partition coefficient (Wildman–Crippen LogP) is 0.912. The van der Waals surface area contributed by atoms with Crippen LogP contribution in [0.4, 0.5) is 0 Å². The summed E-state index contributed by atoms with van der Waals surface area (Å²) in [5, 5.41) is 0. The van der Waals surface area contributed by atoms with Gasteiger partial charge in [-0.3, -0.25) is 4.79 Å². The summed E-state index contributed by atoms with van der Waals surface area (Å²) in [6.07, 6.45) is 0. The minimum Gasteiger partial charge on any atom is -0.443 e. The Morgan fingerprint density at radius 2 is 2.07 bits per heavy atom. The SMILES string of the molecule is CC(=O)OCN=C(N)c1ccccc1. The van der Waals surface area contributed by atoms with E-state index < -0.39 is 0 Å². The minimum atomic E-state index is -0.366. The van der Waals surface area contributed by atoms with Gasteiger partial charge in [-0.05, 0) is 0 Å². The fourth-order valence-corrected chi connectivity index (χ4v) is 0.893. The third-order valence-corrected chi connectivity index (χ3v) is 1.57. The first kappa shape index (κ1) is 10.2. The summed E-state index contributed by atoms with van der Waals surface area (Å²) in [6.45, 7) is 1.30. The molecular formula is C10H12N2O2. The number of hydrogen-bond donors (Lipinski definition) is 1. The fraction of sp³-hybridized carbons (Fsp3) is 0.200. The number of esters is 1. The molecule has 0 bridgehead atoms. The molecule has 0 aliphatic heterocycles. The van der Waals surface area contributed by atoms with Gasteiger partial charge in [-0.25, -0.2) is 4.99 Å². The van der Waals surface area contributed by atoms with Gasteiger partial charge in [0, 0.05) is 12.5 Å². The Morgan fingerprint density at radius 1 is 1.43 bits per heavy atom. The van der Waals surface area contributed by atoms with Gasteiger partial charge in [0.15, 0.2) is 6.73 Å².